The summed E-state index contributed by atoms with van der Waals surface area (Å²) in [5.74, 6) is 1.13. The van der Waals surface area contributed by atoms with Crippen LogP contribution < -0.4 is 10.2 Å². The summed E-state index contributed by atoms with van der Waals surface area (Å²) in [4.78, 5) is 9.56. The van der Waals surface area contributed by atoms with Crippen LogP contribution in [0.3, 0.4) is 0 Å². The Kier molecular flexibility index (Phi) is 4.63. The summed E-state index contributed by atoms with van der Waals surface area (Å²) in [6, 6.07) is 5.62. The minimum atomic E-state index is 0.597. The normalized spacial score (nSPS) is 21.2. The number of aromatic nitrogens is 1. The Morgan fingerprint density at radius 3 is 2.38 bits per heavy atom. The Morgan fingerprint density at radius 2 is 1.81 bits per heavy atom. The molecule has 1 aromatic rings. The van der Waals surface area contributed by atoms with Crippen molar-refractivity contribution >= 4 is 11.5 Å². The van der Waals surface area contributed by atoms with E-state index in [1.807, 2.05) is 6.20 Å². The summed E-state index contributed by atoms with van der Waals surface area (Å²) in [5.41, 5.74) is 1.17. The van der Waals surface area contributed by atoms with Gasteiger partial charge in [0.1, 0.15) is 5.82 Å². The minimum Gasteiger partial charge on any atom is -0.381 e. The monoisotopic (exact) mass is 288 g/mol. The van der Waals surface area contributed by atoms with Gasteiger partial charge in [-0.1, -0.05) is 0 Å². The van der Waals surface area contributed by atoms with Gasteiger partial charge in [-0.05, 0) is 51.7 Å². The zero-order valence-electron chi connectivity index (χ0n) is 13.4. The number of likely N-dealkylation sites (tertiary alicyclic amines) is 1. The van der Waals surface area contributed by atoms with Crippen LogP contribution in [0.5, 0.6) is 0 Å². The predicted molar refractivity (Wildman–Crippen MR) is 89.0 cm³/mol. The molecule has 116 valence electrons. The van der Waals surface area contributed by atoms with E-state index in [4.69, 9.17) is 0 Å². The Bertz CT molecular complexity index is 429. The fourth-order valence-corrected chi connectivity index (χ4v) is 3.40. The van der Waals surface area contributed by atoms with Crippen molar-refractivity contribution in [3.8, 4) is 0 Å². The van der Waals surface area contributed by atoms with Crippen LogP contribution in [0.4, 0.5) is 11.5 Å². The van der Waals surface area contributed by atoms with Crippen molar-refractivity contribution in [2.75, 3.05) is 36.4 Å². The molecule has 0 amide bonds. The van der Waals surface area contributed by atoms with E-state index < -0.39 is 0 Å². The molecule has 1 aromatic heterocycles. The highest BCUT2D eigenvalue weighted by molar-refractivity contribution is 5.49. The van der Waals surface area contributed by atoms with Crippen molar-refractivity contribution < 1.29 is 0 Å². The summed E-state index contributed by atoms with van der Waals surface area (Å²) in [6.45, 7) is 9.30. The van der Waals surface area contributed by atoms with Gasteiger partial charge in [-0.3, -0.25) is 0 Å². The number of pyridine rings is 1. The number of nitrogens with one attached hydrogen (secondary N) is 1. The lowest BCUT2D eigenvalue weighted by atomic mass is 10.0. The predicted octanol–water partition coefficient (Wildman–Crippen LogP) is 2.97. The fourth-order valence-electron chi connectivity index (χ4n) is 3.40. The Hall–Kier alpha value is -1.29. The highest BCUT2D eigenvalue weighted by atomic mass is 15.2. The second-order valence-corrected chi connectivity index (χ2v) is 6.65. The minimum absolute atomic E-state index is 0.597. The third kappa shape index (κ3) is 3.67. The second kappa shape index (κ2) is 6.65. The van der Waals surface area contributed by atoms with Gasteiger partial charge in [0, 0.05) is 38.3 Å². The van der Waals surface area contributed by atoms with Crippen LogP contribution in [0.1, 0.15) is 39.5 Å². The first-order chi connectivity index (χ1) is 10.2. The zero-order valence-corrected chi connectivity index (χ0v) is 13.4. The number of rotatable bonds is 4. The van der Waals surface area contributed by atoms with Gasteiger partial charge in [-0.2, -0.15) is 0 Å². The molecule has 4 heteroatoms. The van der Waals surface area contributed by atoms with E-state index in [9.17, 15) is 0 Å². The van der Waals surface area contributed by atoms with Gasteiger partial charge < -0.3 is 15.1 Å². The SMILES string of the molecule is CC(C)N1CCC(Nc2ccc(N3CCCC3)nc2)CC1. The van der Waals surface area contributed by atoms with Crippen LogP contribution >= 0.6 is 0 Å². The lowest BCUT2D eigenvalue weighted by molar-refractivity contribution is 0.177. The molecule has 1 N–H and O–H groups in total. The van der Waals surface area contributed by atoms with Gasteiger partial charge in [0.25, 0.3) is 0 Å². The van der Waals surface area contributed by atoms with Crippen LogP contribution in [0.2, 0.25) is 0 Å². The largest absolute Gasteiger partial charge is 0.381 e. The highest BCUT2D eigenvalue weighted by Crippen LogP contribution is 2.21. The Morgan fingerprint density at radius 1 is 1.10 bits per heavy atom. The van der Waals surface area contributed by atoms with Crippen molar-refractivity contribution in [1.82, 2.24) is 9.88 Å². The number of piperidine rings is 1. The maximum atomic E-state index is 4.62. The molecule has 0 saturated carbocycles. The summed E-state index contributed by atoms with van der Waals surface area (Å²) in [5, 5.41) is 3.65. The van der Waals surface area contributed by atoms with Crippen molar-refractivity contribution in [3.63, 3.8) is 0 Å². The zero-order chi connectivity index (χ0) is 14.7. The van der Waals surface area contributed by atoms with Gasteiger partial charge in [-0.25, -0.2) is 4.98 Å². The molecule has 0 unspecified atom stereocenters. The third-order valence-corrected chi connectivity index (χ3v) is 4.81. The summed E-state index contributed by atoms with van der Waals surface area (Å²) < 4.78 is 0. The van der Waals surface area contributed by atoms with Gasteiger partial charge in [-0.15, -0.1) is 0 Å². The molecular formula is C17H28N4. The molecule has 2 aliphatic rings. The standard InChI is InChI=1S/C17H28N4/c1-14(2)20-11-7-15(8-12-20)19-16-5-6-17(18-13-16)21-9-3-4-10-21/h5-6,13-15,19H,3-4,7-12H2,1-2H3. The first-order valence-electron chi connectivity index (χ1n) is 8.44. The Balaban J connectivity index is 1.51. The maximum absolute atomic E-state index is 4.62. The molecule has 0 radical (unpaired) electrons. The van der Waals surface area contributed by atoms with Gasteiger partial charge >= 0.3 is 0 Å². The van der Waals surface area contributed by atoms with Crippen molar-refractivity contribution in [3.05, 3.63) is 18.3 Å². The van der Waals surface area contributed by atoms with Gasteiger partial charge in [0.15, 0.2) is 0 Å². The van der Waals surface area contributed by atoms with Crippen molar-refractivity contribution in [2.24, 2.45) is 0 Å². The molecule has 3 heterocycles. The van der Waals surface area contributed by atoms with Crippen LogP contribution in [0, 0.1) is 0 Å². The topological polar surface area (TPSA) is 31.4 Å². The van der Waals surface area contributed by atoms with E-state index in [-0.39, 0.29) is 0 Å². The van der Waals surface area contributed by atoms with Crippen LogP contribution in [0.15, 0.2) is 18.3 Å². The summed E-state index contributed by atoms with van der Waals surface area (Å²) in [7, 11) is 0. The molecule has 0 bridgehead atoms. The van der Waals surface area contributed by atoms with Crippen LogP contribution in [0.25, 0.3) is 0 Å². The second-order valence-electron chi connectivity index (χ2n) is 6.65. The average molecular weight is 288 g/mol. The smallest absolute Gasteiger partial charge is 0.128 e. The molecular weight excluding hydrogens is 260 g/mol. The fraction of sp³-hybridized carbons (Fsp3) is 0.706. The summed E-state index contributed by atoms with van der Waals surface area (Å²) in [6.07, 6.45) is 7.06. The molecule has 21 heavy (non-hydrogen) atoms. The lowest BCUT2D eigenvalue weighted by Crippen LogP contribution is -2.42. The van der Waals surface area contributed by atoms with Crippen LogP contribution in [-0.2, 0) is 0 Å². The number of hydrogen-bond donors (Lipinski definition) is 1. The average Bonchev–Trinajstić information content (AvgIpc) is 3.03. The van der Waals surface area contributed by atoms with Gasteiger partial charge in [0.2, 0.25) is 0 Å². The molecule has 0 spiro atoms. The molecule has 0 aromatic carbocycles. The van der Waals surface area contributed by atoms with E-state index >= 15 is 0 Å². The van der Waals surface area contributed by atoms with Gasteiger partial charge in [0.05, 0.1) is 11.9 Å². The maximum Gasteiger partial charge on any atom is 0.128 e. The first kappa shape index (κ1) is 14.6. The Labute approximate surface area is 128 Å². The van der Waals surface area contributed by atoms with E-state index in [1.54, 1.807) is 0 Å². The molecule has 2 fully saturated rings. The number of anilines is 2. The molecule has 2 saturated heterocycles. The molecule has 2 aliphatic heterocycles. The van der Waals surface area contributed by atoms with E-state index in [1.165, 1.54) is 44.5 Å². The quantitative estimate of drug-likeness (QED) is 0.923. The van der Waals surface area contributed by atoms with E-state index in [0.29, 0.717) is 12.1 Å². The third-order valence-electron chi connectivity index (χ3n) is 4.81. The molecule has 0 atom stereocenters. The summed E-state index contributed by atoms with van der Waals surface area (Å²) >= 11 is 0. The van der Waals surface area contributed by atoms with Crippen molar-refractivity contribution in [1.29, 1.82) is 0 Å². The highest BCUT2D eigenvalue weighted by Gasteiger charge is 2.20. The molecule has 4 nitrogen and oxygen atoms in total. The van der Waals surface area contributed by atoms with E-state index in [2.05, 4.69) is 46.1 Å². The molecule has 3 rings (SSSR count). The number of hydrogen-bond acceptors (Lipinski definition) is 4. The number of nitrogens with zero attached hydrogens (tertiary/aromatic N) is 3. The van der Waals surface area contributed by atoms with Crippen molar-refractivity contribution in [2.45, 2.75) is 51.6 Å². The lowest BCUT2D eigenvalue weighted by Gasteiger charge is -2.35. The molecule has 0 aliphatic carbocycles. The van der Waals surface area contributed by atoms with E-state index in [0.717, 1.165) is 18.9 Å². The van der Waals surface area contributed by atoms with Crippen LogP contribution in [-0.4, -0.2) is 48.1 Å². The first-order valence-corrected chi connectivity index (χ1v) is 8.44.